The van der Waals surface area contributed by atoms with Gasteiger partial charge in [0.1, 0.15) is 0 Å². The molecule has 0 bridgehead atoms. The Morgan fingerprint density at radius 2 is 1.64 bits per heavy atom. The minimum atomic E-state index is -4.39. The molecule has 0 saturated carbocycles. The maximum atomic E-state index is 12.1. The number of carbonyl (C=O) groups excluding carboxylic acids is 1. The van der Waals surface area contributed by atoms with E-state index in [0.29, 0.717) is 10.8 Å². The first kappa shape index (κ1) is 24.7. The van der Waals surface area contributed by atoms with Gasteiger partial charge in [-0.15, -0.1) is 5.11 Å². The maximum Gasteiger partial charge on any atom is 1.00 e. The van der Waals surface area contributed by atoms with Crippen molar-refractivity contribution in [2.75, 3.05) is 0 Å². The molecule has 28 heavy (non-hydrogen) atoms. The van der Waals surface area contributed by atoms with Crippen molar-refractivity contribution in [1.82, 2.24) is 0 Å². The van der Waals surface area contributed by atoms with Crippen LogP contribution in [0.15, 0.2) is 69.7 Å². The van der Waals surface area contributed by atoms with Crippen LogP contribution in [0.4, 0.5) is 11.4 Å². The second-order valence-corrected chi connectivity index (χ2v) is 6.70. The zero-order chi connectivity index (χ0) is 18.9. The molecule has 3 rings (SSSR count). The quantitative estimate of drug-likeness (QED) is 0.261. The second-order valence-electron chi connectivity index (χ2n) is 5.27. The summed E-state index contributed by atoms with van der Waals surface area (Å²) in [4.78, 5) is 10.8. The predicted molar refractivity (Wildman–Crippen MR) is 88.2 cm³/mol. The minimum Gasteiger partial charge on any atom is -0.871 e. The van der Waals surface area contributed by atoms with Gasteiger partial charge >= 0.3 is 59.1 Å². The molecule has 0 amide bonds. The number of nitrogens with zero attached hydrogens (tertiary/aromatic N) is 2. The number of carboxylic acids is 1. The second kappa shape index (κ2) is 9.95. The Balaban J connectivity index is 0.00000196. The van der Waals surface area contributed by atoms with Crippen LogP contribution in [0, 0.1) is 0 Å². The van der Waals surface area contributed by atoms with Crippen LogP contribution in [-0.4, -0.2) is 18.9 Å². The summed E-state index contributed by atoms with van der Waals surface area (Å²) in [5.74, 6) is -1.91. The Bertz CT molecular complexity index is 1170. The first-order valence-corrected chi connectivity index (χ1v) is 8.65. The number of benzene rings is 3. The molecule has 0 saturated heterocycles. The summed E-state index contributed by atoms with van der Waals surface area (Å²) in [6.45, 7) is 0. The van der Waals surface area contributed by atoms with Gasteiger partial charge in [-0.1, -0.05) is 42.1 Å². The van der Waals surface area contributed by atoms with Crippen molar-refractivity contribution in [3.8, 4) is 5.75 Å². The van der Waals surface area contributed by atoms with Crippen LogP contribution in [0.25, 0.3) is 10.8 Å². The van der Waals surface area contributed by atoms with Gasteiger partial charge in [0.2, 0.25) is 0 Å². The van der Waals surface area contributed by atoms with E-state index in [-0.39, 0.29) is 80.9 Å². The average molecular weight is 416 g/mol. The number of rotatable bonds is 4. The van der Waals surface area contributed by atoms with Crippen molar-refractivity contribution < 1.29 is 87.1 Å². The molecular weight excluding hydrogens is 406 g/mol. The van der Waals surface area contributed by atoms with E-state index in [0.717, 1.165) is 6.07 Å². The Morgan fingerprint density at radius 3 is 2.29 bits per heavy atom. The van der Waals surface area contributed by atoms with E-state index in [1.165, 1.54) is 42.5 Å². The van der Waals surface area contributed by atoms with Crippen LogP contribution in [0.2, 0.25) is 0 Å². The monoisotopic (exact) mass is 416 g/mol. The normalized spacial score (nSPS) is 11.0. The molecule has 0 radical (unpaired) electrons. The topological polar surface area (TPSA) is 142 Å². The molecule has 8 nitrogen and oxygen atoms in total. The smallest absolute Gasteiger partial charge is 0.871 e. The number of hydrogen-bond donors (Lipinski definition) is 1. The van der Waals surface area contributed by atoms with E-state index in [4.69, 9.17) is 4.55 Å². The van der Waals surface area contributed by atoms with Gasteiger partial charge < -0.3 is 15.0 Å². The van der Waals surface area contributed by atoms with Gasteiger partial charge in [-0.05, 0) is 23.6 Å². The summed E-state index contributed by atoms with van der Waals surface area (Å²) in [6, 6.07) is 12.0. The first-order chi connectivity index (χ1) is 12.3. The molecule has 11 heteroatoms. The van der Waals surface area contributed by atoms with E-state index in [2.05, 4.69) is 10.2 Å². The fourth-order valence-corrected chi connectivity index (χ4v) is 2.89. The average Bonchev–Trinajstić information content (AvgIpc) is 2.60. The summed E-state index contributed by atoms with van der Waals surface area (Å²) in [5, 5.41) is 31.5. The molecule has 0 atom stereocenters. The van der Waals surface area contributed by atoms with Crippen LogP contribution in [0.5, 0.6) is 5.75 Å². The molecule has 1 N–H and O–H groups in total. The van der Waals surface area contributed by atoms with E-state index >= 15 is 0 Å². The third kappa shape index (κ3) is 5.40. The van der Waals surface area contributed by atoms with Crippen molar-refractivity contribution in [3.05, 3.63) is 60.2 Å². The van der Waals surface area contributed by atoms with Gasteiger partial charge in [-0.3, -0.25) is 4.55 Å². The Kier molecular flexibility index (Phi) is 8.79. The summed E-state index contributed by atoms with van der Waals surface area (Å²) in [7, 11) is -4.39. The minimum absolute atomic E-state index is 0. The van der Waals surface area contributed by atoms with E-state index < -0.39 is 21.8 Å². The molecule has 3 aromatic carbocycles. The van der Waals surface area contributed by atoms with E-state index in [9.17, 15) is 23.4 Å². The number of carboxylic acid groups (broad SMARTS) is 1. The van der Waals surface area contributed by atoms with E-state index in [1.807, 2.05) is 0 Å². The standard InChI is InChI=1S/C17H12N2O6S.2Na/c20-15-8-5-10-9-11(26(23,24)25)6-7-12(10)16(15)19-18-14-4-2-1-3-13(14)17(21)22;;/h1-9,20H,(H,21,22)(H,23,24,25);;/q;2*+1/p-2. The van der Waals surface area contributed by atoms with Crippen LogP contribution in [-0.2, 0) is 10.1 Å². The first-order valence-electron chi connectivity index (χ1n) is 7.21. The molecule has 3 aromatic rings. The van der Waals surface area contributed by atoms with Gasteiger partial charge in [0.05, 0.1) is 22.2 Å². The predicted octanol–water partition coefficient (Wildman–Crippen LogP) is -4.05. The molecule has 0 aliphatic carbocycles. The summed E-state index contributed by atoms with van der Waals surface area (Å²) in [6.07, 6.45) is 0. The van der Waals surface area contributed by atoms with Gasteiger partial charge in [0.25, 0.3) is 10.1 Å². The van der Waals surface area contributed by atoms with Crippen LogP contribution < -0.4 is 69.3 Å². The van der Waals surface area contributed by atoms with Crippen molar-refractivity contribution in [3.63, 3.8) is 0 Å². The van der Waals surface area contributed by atoms with E-state index in [1.54, 1.807) is 6.07 Å². The largest absolute Gasteiger partial charge is 1.00 e. The zero-order valence-electron chi connectivity index (χ0n) is 15.0. The van der Waals surface area contributed by atoms with Crippen LogP contribution >= 0.6 is 0 Å². The maximum absolute atomic E-state index is 12.1. The van der Waals surface area contributed by atoms with Crippen molar-refractivity contribution >= 4 is 38.2 Å². The number of fused-ring (bicyclic) bond motifs is 1. The molecule has 0 heterocycles. The molecule has 0 aliphatic heterocycles. The number of carbonyl (C=O) groups is 1. The van der Waals surface area contributed by atoms with Crippen molar-refractivity contribution in [1.29, 1.82) is 0 Å². The SMILES string of the molecule is O=C([O-])c1ccccc1N=Nc1c([O-])ccc2cc(S(=O)(=O)O)ccc12.[Na+].[Na+]. The molecule has 0 aromatic heterocycles. The summed E-state index contributed by atoms with van der Waals surface area (Å²) >= 11 is 0. The molecule has 132 valence electrons. The third-order valence-electron chi connectivity index (χ3n) is 3.61. The van der Waals surface area contributed by atoms with Crippen LogP contribution in [0.3, 0.4) is 0 Å². The molecule has 0 spiro atoms. The summed E-state index contributed by atoms with van der Waals surface area (Å²) in [5.41, 5.74) is -0.256. The number of hydrogen-bond acceptors (Lipinski definition) is 7. The Labute approximate surface area is 204 Å². The van der Waals surface area contributed by atoms with Crippen LogP contribution in [0.1, 0.15) is 10.4 Å². The van der Waals surface area contributed by atoms with Crippen molar-refractivity contribution in [2.45, 2.75) is 4.90 Å². The van der Waals surface area contributed by atoms with Gasteiger partial charge in [-0.25, -0.2) is 0 Å². The Hall–Kier alpha value is -1.30. The van der Waals surface area contributed by atoms with Gasteiger partial charge in [0.15, 0.2) is 0 Å². The fraction of sp³-hybridized carbons (Fsp3) is 0. The molecule has 0 unspecified atom stereocenters. The third-order valence-corrected chi connectivity index (χ3v) is 4.46. The number of aromatic carboxylic acids is 1. The number of azo groups is 1. The fourth-order valence-electron chi connectivity index (χ4n) is 2.37. The van der Waals surface area contributed by atoms with Crippen molar-refractivity contribution in [2.24, 2.45) is 10.2 Å². The Morgan fingerprint density at radius 1 is 0.964 bits per heavy atom. The summed E-state index contributed by atoms with van der Waals surface area (Å²) < 4.78 is 31.6. The molecule has 0 fully saturated rings. The molecule has 0 aliphatic rings. The van der Waals surface area contributed by atoms with Gasteiger partial charge in [-0.2, -0.15) is 13.5 Å². The molecular formula is C17H10N2Na2O6S. The zero-order valence-corrected chi connectivity index (χ0v) is 19.8. The van der Waals surface area contributed by atoms with Gasteiger partial charge in [0, 0.05) is 10.9 Å².